The van der Waals surface area contributed by atoms with Gasteiger partial charge in [-0.15, -0.1) is 0 Å². The summed E-state index contributed by atoms with van der Waals surface area (Å²) in [6.45, 7) is 2.05. The van der Waals surface area contributed by atoms with Crippen molar-refractivity contribution in [3.05, 3.63) is 29.8 Å². The molecule has 3 N–H and O–H groups in total. The number of carbonyl (C=O) groups is 2. The van der Waals surface area contributed by atoms with Gasteiger partial charge in [0.25, 0.3) is 0 Å². The zero-order chi connectivity index (χ0) is 14.5. The van der Waals surface area contributed by atoms with E-state index in [4.69, 9.17) is 10.5 Å². The van der Waals surface area contributed by atoms with Gasteiger partial charge in [0.2, 0.25) is 5.91 Å². The number of hydrogen-bond donors (Lipinski definition) is 2. The normalized spacial score (nSPS) is 21.5. The van der Waals surface area contributed by atoms with Gasteiger partial charge in [0, 0.05) is 12.0 Å². The van der Waals surface area contributed by atoms with Crippen LogP contribution in [0.4, 0.5) is 5.69 Å². The Bertz CT molecular complexity index is 502. The molecule has 5 heteroatoms. The van der Waals surface area contributed by atoms with E-state index >= 15 is 0 Å². The summed E-state index contributed by atoms with van der Waals surface area (Å²) in [6, 6.07) is 6.98. The second kappa shape index (κ2) is 6.52. The number of hydrogen-bond acceptors (Lipinski definition) is 4. The van der Waals surface area contributed by atoms with Crippen LogP contribution < -0.4 is 11.1 Å². The number of rotatable bonds is 4. The van der Waals surface area contributed by atoms with Gasteiger partial charge in [-0.1, -0.05) is 12.1 Å². The van der Waals surface area contributed by atoms with Crippen molar-refractivity contribution in [3.8, 4) is 0 Å². The number of carbonyl (C=O) groups excluding carboxylic acids is 2. The van der Waals surface area contributed by atoms with Gasteiger partial charge in [-0.2, -0.15) is 0 Å². The van der Waals surface area contributed by atoms with Crippen LogP contribution in [0.1, 0.15) is 36.5 Å². The fourth-order valence-electron chi connectivity index (χ4n) is 2.47. The maximum absolute atomic E-state index is 12.2. The van der Waals surface area contributed by atoms with E-state index in [0.29, 0.717) is 24.3 Å². The second-order valence-corrected chi connectivity index (χ2v) is 5.03. The number of esters is 1. The number of ether oxygens (including phenoxy) is 1. The molecule has 108 valence electrons. The first kappa shape index (κ1) is 14.5. The Hall–Kier alpha value is -1.88. The van der Waals surface area contributed by atoms with Gasteiger partial charge < -0.3 is 15.8 Å². The minimum atomic E-state index is -0.425. The third-order valence-corrected chi connectivity index (χ3v) is 3.52. The Morgan fingerprint density at radius 2 is 2.10 bits per heavy atom. The number of nitrogens with one attached hydrogen (secondary N) is 1. The van der Waals surface area contributed by atoms with Crippen LogP contribution in [0.15, 0.2) is 24.3 Å². The zero-order valence-electron chi connectivity index (χ0n) is 11.6. The molecule has 1 saturated carbocycles. The smallest absolute Gasteiger partial charge is 0.340 e. The Kier molecular flexibility index (Phi) is 4.74. The molecule has 0 spiro atoms. The van der Waals surface area contributed by atoms with Gasteiger partial charge in [-0.05, 0) is 38.3 Å². The van der Waals surface area contributed by atoms with Crippen LogP contribution in [-0.4, -0.2) is 24.5 Å². The Labute approximate surface area is 118 Å². The average Bonchev–Trinajstić information content (AvgIpc) is 2.86. The molecule has 20 heavy (non-hydrogen) atoms. The van der Waals surface area contributed by atoms with E-state index in [9.17, 15) is 9.59 Å². The van der Waals surface area contributed by atoms with Crippen molar-refractivity contribution in [3.63, 3.8) is 0 Å². The number of amides is 1. The van der Waals surface area contributed by atoms with E-state index in [1.807, 2.05) is 0 Å². The molecule has 0 aromatic heterocycles. The van der Waals surface area contributed by atoms with E-state index in [2.05, 4.69) is 5.32 Å². The number of benzene rings is 1. The maximum Gasteiger partial charge on any atom is 0.340 e. The number of nitrogens with two attached hydrogens (primary N) is 1. The van der Waals surface area contributed by atoms with Crippen molar-refractivity contribution < 1.29 is 14.3 Å². The second-order valence-electron chi connectivity index (χ2n) is 5.03. The predicted octanol–water partition coefficient (Wildman–Crippen LogP) is 1.93. The molecule has 2 unspecified atom stereocenters. The monoisotopic (exact) mass is 276 g/mol. The van der Waals surface area contributed by atoms with Crippen LogP contribution in [0.3, 0.4) is 0 Å². The van der Waals surface area contributed by atoms with Crippen molar-refractivity contribution in [2.45, 2.75) is 32.2 Å². The van der Waals surface area contributed by atoms with Crippen molar-refractivity contribution in [2.75, 3.05) is 11.9 Å². The van der Waals surface area contributed by atoms with Crippen molar-refractivity contribution in [1.29, 1.82) is 0 Å². The SMILES string of the molecule is CCOC(=O)c1ccccc1NC(=O)C1CCC(N)C1. The molecule has 1 aromatic carbocycles. The van der Waals surface area contributed by atoms with E-state index in [-0.39, 0.29) is 17.9 Å². The summed E-state index contributed by atoms with van der Waals surface area (Å²) in [7, 11) is 0. The first-order chi connectivity index (χ1) is 9.61. The number of anilines is 1. The van der Waals surface area contributed by atoms with Crippen LogP contribution in [0.25, 0.3) is 0 Å². The van der Waals surface area contributed by atoms with Gasteiger partial charge in [0.05, 0.1) is 17.9 Å². The van der Waals surface area contributed by atoms with Gasteiger partial charge in [-0.3, -0.25) is 4.79 Å². The quantitative estimate of drug-likeness (QED) is 0.823. The first-order valence-corrected chi connectivity index (χ1v) is 6.94. The van der Waals surface area contributed by atoms with E-state index in [0.717, 1.165) is 12.8 Å². The summed E-state index contributed by atoms with van der Waals surface area (Å²) < 4.78 is 4.98. The van der Waals surface area contributed by atoms with Crippen LogP contribution in [-0.2, 0) is 9.53 Å². The molecular weight excluding hydrogens is 256 g/mol. The highest BCUT2D eigenvalue weighted by molar-refractivity contribution is 6.01. The van der Waals surface area contributed by atoms with E-state index in [1.54, 1.807) is 31.2 Å². The molecule has 0 heterocycles. The van der Waals surface area contributed by atoms with E-state index < -0.39 is 5.97 Å². The van der Waals surface area contributed by atoms with Crippen molar-refractivity contribution in [1.82, 2.24) is 0 Å². The number of para-hydroxylation sites is 1. The molecule has 0 saturated heterocycles. The molecular formula is C15H20N2O3. The summed E-state index contributed by atoms with van der Waals surface area (Å²) >= 11 is 0. The molecule has 0 aliphatic heterocycles. The highest BCUT2D eigenvalue weighted by atomic mass is 16.5. The summed E-state index contributed by atoms with van der Waals surface area (Å²) in [5.41, 5.74) is 6.70. The molecule has 1 aliphatic rings. The molecule has 0 radical (unpaired) electrons. The minimum absolute atomic E-state index is 0.0692. The summed E-state index contributed by atoms with van der Waals surface area (Å²) in [5, 5.41) is 2.82. The minimum Gasteiger partial charge on any atom is -0.462 e. The van der Waals surface area contributed by atoms with Gasteiger partial charge in [-0.25, -0.2) is 4.79 Å². The van der Waals surface area contributed by atoms with Gasteiger partial charge in [0.15, 0.2) is 0 Å². The highest BCUT2D eigenvalue weighted by Crippen LogP contribution is 2.26. The molecule has 1 fully saturated rings. The zero-order valence-corrected chi connectivity index (χ0v) is 11.6. The first-order valence-electron chi connectivity index (χ1n) is 6.94. The molecule has 2 atom stereocenters. The van der Waals surface area contributed by atoms with Crippen LogP contribution in [0.2, 0.25) is 0 Å². The fourth-order valence-corrected chi connectivity index (χ4v) is 2.47. The average molecular weight is 276 g/mol. The Balaban J connectivity index is 2.09. The lowest BCUT2D eigenvalue weighted by Gasteiger charge is -2.13. The van der Waals surface area contributed by atoms with Crippen LogP contribution >= 0.6 is 0 Å². The third kappa shape index (κ3) is 3.36. The Morgan fingerprint density at radius 1 is 1.35 bits per heavy atom. The topological polar surface area (TPSA) is 81.4 Å². The standard InChI is InChI=1S/C15H20N2O3/c1-2-20-15(19)12-5-3-4-6-13(12)17-14(18)10-7-8-11(16)9-10/h3-6,10-11H,2,7-9,16H2,1H3,(H,17,18). The largest absolute Gasteiger partial charge is 0.462 e. The third-order valence-electron chi connectivity index (χ3n) is 3.52. The van der Waals surface area contributed by atoms with Gasteiger partial charge in [0.1, 0.15) is 0 Å². The lowest BCUT2D eigenvalue weighted by molar-refractivity contribution is -0.119. The molecule has 5 nitrogen and oxygen atoms in total. The van der Waals surface area contributed by atoms with Crippen LogP contribution in [0, 0.1) is 5.92 Å². The maximum atomic E-state index is 12.2. The fraction of sp³-hybridized carbons (Fsp3) is 0.467. The highest BCUT2D eigenvalue weighted by Gasteiger charge is 2.28. The molecule has 1 amide bonds. The van der Waals surface area contributed by atoms with Crippen molar-refractivity contribution >= 4 is 17.6 Å². The summed E-state index contributed by atoms with van der Waals surface area (Å²) in [4.78, 5) is 24.0. The molecule has 1 aromatic rings. The van der Waals surface area contributed by atoms with Crippen molar-refractivity contribution in [2.24, 2.45) is 11.7 Å². The van der Waals surface area contributed by atoms with Gasteiger partial charge >= 0.3 is 5.97 Å². The van der Waals surface area contributed by atoms with E-state index in [1.165, 1.54) is 0 Å². The van der Waals surface area contributed by atoms with Crippen LogP contribution in [0.5, 0.6) is 0 Å². The Morgan fingerprint density at radius 3 is 2.75 bits per heavy atom. The summed E-state index contributed by atoms with van der Waals surface area (Å²) in [5.74, 6) is -0.568. The molecule has 0 bridgehead atoms. The predicted molar refractivity (Wildman–Crippen MR) is 76.3 cm³/mol. The molecule has 1 aliphatic carbocycles. The lowest BCUT2D eigenvalue weighted by Crippen LogP contribution is -2.24. The summed E-state index contributed by atoms with van der Waals surface area (Å²) in [6.07, 6.45) is 2.37. The molecule has 2 rings (SSSR count). The lowest BCUT2D eigenvalue weighted by atomic mass is 10.1.